The zero-order valence-electron chi connectivity index (χ0n) is 27.9. The molecule has 2 aliphatic rings. The standard InChI is InChI=1S/C38H42FN7O2/c1-4-6-37(47)34-23-45(24-42-34)36-17-35-32(16-33(36)39)38(48)28(21-46(35)29-10-11-29)20-44(19-27-12-13-40-26(3)15-27)31-7-5-14-43(22-31)30-9-8-25(2)41-18-30/h8-9,12-13,15-18,21,23-24,29,31H,4-7,10-11,14,19-20,22H2,1-3H3/t31-/m0/s1. The Hall–Kier alpha value is -4.70. The maximum absolute atomic E-state index is 15.8. The van der Waals surface area contributed by atoms with Crippen molar-refractivity contribution in [2.45, 2.75) is 84.5 Å². The molecular weight excluding hydrogens is 605 g/mol. The summed E-state index contributed by atoms with van der Waals surface area (Å²) in [5.74, 6) is -0.593. The molecule has 0 radical (unpaired) electrons. The Bertz CT molecular complexity index is 2010. The highest BCUT2D eigenvalue weighted by molar-refractivity contribution is 5.94. The zero-order valence-corrected chi connectivity index (χ0v) is 27.9. The highest BCUT2D eigenvalue weighted by Gasteiger charge is 2.30. The molecule has 7 rings (SSSR count). The number of benzene rings is 1. The first-order valence-electron chi connectivity index (χ1n) is 17.1. The average Bonchev–Trinajstić information content (AvgIpc) is 3.81. The Morgan fingerprint density at radius 2 is 1.85 bits per heavy atom. The molecule has 1 aliphatic heterocycles. The molecule has 9 nitrogen and oxygen atoms in total. The molecule has 10 heteroatoms. The monoisotopic (exact) mass is 647 g/mol. The SMILES string of the molecule is CCCC(=O)c1cn(-c2cc3c(cc2F)c(=O)c(CN(Cc2ccnc(C)c2)[C@H]2CCCN(c4ccc(C)nc4)C2)cn3C2CC2)cn1. The molecule has 48 heavy (non-hydrogen) atoms. The summed E-state index contributed by atoms with van der Waals surface area (Å²) in [4.78, 5) is 44.6. The first-order chi connectivity index (χ1) is 23.3. The maximum Gasteiger partial charge on any atom is 0.193 e. The van der Waals surface area contributed by atoms with Crippen LogP contribution in [0.15, 0.2) is 72.3 Å². The molecule has 2 fully saturated rings. The number of nitrogens with zero attached hydrogens (tertiary/aromatic N) is 7. The third kappa shape index (κ3) is 6.67. The number of ketones is 1. The van der Waals surface area contributed by atoms with E-state index in [4.69, 9.17) is 0 Å². The van der Waals surface area contributed by atoms with Crippen LogP contribution in [0.25, 0.3) is 16.6 Å². The van der Waals surface area contributed by atoms with Crippen molar-refractivity contribution in [2.24, 2.45) is 0 Å². The van der Waals surface area contributed by atoms with Crippen LogP contribution in [-0.4, -0.2) is 53.9 Å². The number of carbonyl (C=O) groups is 1. The fourth-order valence-electron chi connectivity index (χ4n) is 6.94. The van der Waals surface area contributed by atoms with Gasteiger partial charge in [-0.1, -0.05) is 6.92 Å². The Kier molecular flexibility index (Phi) is 8.92. The fraction of sp³-hybridized carbons (Fsp3) is 0.395. The highest BCUT2D eigenvalue weighted by atomic mass is 19.1. The van der Waals surface area contributed by atoms with Crippen molar-refractivity contribution >= 4 is 22.4 Å². The van der Waals surface area contributed by atoms with Crippen LogP contribution in [0.5, 0.6) is 0 Å². The number of hydrogen-bond acceptors (Lipinski definition) is 7. The van der Waals surface area contributed by atoms with Crippen LogP contribution < -0.4 is 10.3 Å². The molecule has 248 valence electrons. The minimum Gasteiger partial charge on any atom is -0.369 e. The number of anilines is 1. The number of hydrogen-bond donors (Lipinski definition) is 0. The van der Waals surface area contributed by atoms with Crippen LogP contribution in [-0.2, 0) is 13.1 Å². The number of imidazole rings is 1. The number of aryl methyl sites for hydroxylation is 2. The van der Waals surface area contributed by atoms with Gasteiger partial charge in [0, 0.05) is 85.6 Å². The number of aromatic nitrogens is 5. The van der Waals surface area contributed by atoms with Gasteiger partial charge in [-0.3, -0.25) is 24.5 Å². The smallest absolute Gasteiger partial charge is 0.193 e. The number of rotatable bonds is 11. The van der Waals surface area contributed by atoms with Crippen LogP contribution in [0, 0.1) is 19.7 Å². The maximum atomic E-state index is 15.8. The lowest BCUT2D eigenvalue weighted by atomic mass is 10.0. The van der Waals surface area contributed by atoms with Gasteiger partial charge in [-0.15, -0.1) is 0 Å². The topological polar surface area (TPSA) is 89.2 Å². The molecule has 5 aromatic rings. The summed E-state index contributed by atoms with van der Waals surface area (Å²) in [6, 6.07) is 11.9. The summed E-state index contributed by atoms with van der Waals surface area (Å²) in [6.07, 6.45) is 14.0. The van der Waals surface area contributed by atoms with E-state index in [2.05, 4.69) is 41.5 Å². The number of fused-ring (bicyclic) bond motifs is 1. The molecule has 0 bridgehead atoms. The van der Waals surface area contributed by atoms with E-state index in [1.54, 1.807) is 16.8 Å². The zero-order chi connectivity index (χ0) is 33.4. The van der Waals surface area contributed by atoms with Gasteiger partial charge in [0.15, 0.2) is 11.2 Å². The van der Waals surface area contributed by atoms with Gasteiger partial charge >= 0.3 is 0 Å². The summed E-state index contributed by atoms with van der Waals surface area (Å²) in [7, 11) is 0. The van der Waals surface area contributed by atoms with Gasteiger partial charge in [0.25, 0.3) is 0 Å². The molecule has 4 aromatic heterocycles. The quantitative estimate of drug-likeness (QED) is 0.147. The van der Waals surface area contributed by atoms with Gasteiger partial charge in [-0.2, -0.15) is 0 Å². The predicted octanol–water partition coefficient (Wildman–Crippen LogP) is 6.72. The molecule has 1 saturated heterocycles. The van der Waals surface area contributed by atoms with Gasteiger partial charge < -0.3 is 14.0 Å². The van der Waals surface area contributed by atoms with Crippen molar-refractivity contribution in [3.05, 3.63) is 112 Å². The van der Waals surface area contributed by atoms with Crippen molar-refractivity contribution in [3.63, 3.8) is 0 Å². The molecular formula is C38H42FN7O2. The van der Waals surface area contributed by atoms with E-state index in [-0.39, 0.29) is 29.0 Å². The van der Waals surface area contributed by atoms with Crippen molar-refractivity contribution in [1.82, 2.24) is 29.0 Å². The average molecular weight is 648 g/mol. The largest absolute Gasteiger partial charge is 0.369 e. The van der Waals surface area contributed by atoms with Crippen LogP contribution in [0.3, 0.4) is 0 Å². The molecule has 0 spiro atoms. The first-order valence-corrected chi connectivity index (χ1v) is 17.1. The number of Topliss-reactive ketones (excluding diaryl/α,β-unsaturated/α-hetero) is 1. The summed E-state index contributed by atoms with van der Waals surface area (Å²) < 4.78 is 19.5. The summed E-state index contributed by atoms with van der Waals surface area (Å²) in [5, 5.41) is 0.374. The lowest BCUT2D eigenvalue weighted by Crippen LogP contribution is -2.48. The normalized spacial score (nSPS) is 16.6. The molecule has 0 unspecified atom stereocenters. The minimum absolute atomic E-state index is 0.0694. The van der Waals surface area contributed by atoms with E-state index in [9.17, 15) is 9.59 Å². The molecule has 1 aliphatic carbocycles. The lowest BCUT2D eigenvalue weighted by Gasteiger charge is -2.40. The van der Waals surface area contributed by atoms with Crippen molar-refractivity contribution in [1.29, 1.82) is 0 Å². The number of carbonyl (C=O) groups excluding carboxylic acids is 1. The van der Waals surface area contributed by atoms with E-state index in [1.165, 1.54) is 12.4 Å². The molecule has 5 heterocycles. The Balaban J connectivity index is 1.25. The third-order valence-electron chi connectivity index (χ3n) is 9.63. The second-order valence-electron chi connectivity index (χ2n) is 13.4. The number of halogens is 1. The molecule has 0 amide bonds. The van der Waals surface area contributed by atoms with Crippen LogP contribution in [0.2, 0.25) is 0 Å². The summed E-state index contributed by atoms with van der Waals surface area (Å²) in [5.41, 5.74) is 6.00. The minimum atomic E-state index is -0.523. The highest BCUT2D eigenvalue weighted by Crippen LogP contribution is 2.38. The van der Waals surface area contributed by atoms with Crippen molar-refractivity contribution < 1.29 is 9.18 Å². The summed E-state index contributed by atoms with van der Waals surface area (Å²) >= 11 is 0. The van der Waals surface area contributed by atoms with Gasteiger partial charge in [0.05, 0.1) is 23.1 Å². The fourth-order valence-corrected chi connectivity index (χ4v) is 6.94. The summed E-state index contributed by atoms with van der Waals surface area (Å²) in [6.45, 7) is 8.83. The molecule has 1 atom stereocenters. The van der Waals surface area contributed by atoms with Gasteiger partial charge in [-0.25, -0.2) is 9.37 Å². The van der Waals surface area contributed by atoms with E-state index >= 15 is 4.39 Å². The second kappa shape index (κ2) is 13.4. The number of pyridine rings is 3. The molecule has 1 aromatic carbocycles. The van der Waals surface area contributed by atoms with E-state index in [1.807, 2.05) is 51.5 Å². The lowest BCUT2D eigenvalue weighted by molar-refractivity contribution is 0.0977. The second-order valence-corrected chi connectivity index (χ2v) is 13.4. The Morgan fingerprint density at radius 3 is 2.60 bits per heavy atom. The molecule has 1 saturated carbocycles. The van der Waals surface area contributed by atoms with Crippen molar-refractivity contribution in [2.75, 3.05) is 18.0 Å². The third-order valence-corrected chi connectivity index (χ3v) is 9.63. The first kappa shape index (κ1) is 31.9. The van der Waals surface area contributed by atoms with E-state index < -0.39 is 5.82 Å². The van der Waals surface area contributed by atoms with Gasteiger partial charge in [0.1, 0.15) is 17.8 Å². The van der Waals surface area contributed by atoms with Crippen LogP contribution in [0.4, 0.5) is 10.1 Å². The Labute approximate surface area is 280 Å². The van der Waals surface area contributed by atoms with Crippen LogP contribution in [0.1, 0.15) is 84.5 Å². The predicted molar refractivity (Wildman–Crippen MR) is 185 cm³/mol. The van der Waals surface area contributed by atoms with E-state index in [0.29, 0.717) is 41.7 Å². The van der Waals surface area contributed by atoms with Crippen LogP contribution >= 0.6 is 0 Å². The van der Waals surface area contributed by atoms with Gasteiger partial charge in [0.2, 0.25) is 0 Å². The number of piperidine rings is 1. The Morgan fingerprint density at radius 1 is 1.00 bits per heavy atom. The van der Waals surface area contributed by atoms with Crippen molar-refractivity contribution in [3.8, 4) is 5.69 Å². The van der Waals surface area contributed by atoms with E-state index in [0.717, 1.165) is 67.8 Å². The van der Waals surface area contributed by atoms with Gasteiger partial charge in [-0.05, 0) is 87.9 Å². The molecule has 0 N–H and O–H groups in total.